The first-order valence-electron chi connectivity index (χ1n) is 6.15. The zero-order chi connectivity index (χ0) is 12.1. The quantitative estimate of drug-likeness (QED) is 0.716. The molecule has 3 heteroatoms. The molecule has 0 aliphatic carbocycles. The van der Waals surface area contributed by atoms with Gasteiger partial charge in [0, 0.05) is 24.7 Å². The second-order valence-electron chi connectivity index (χ2n) is 3.83. The van der Waals surface area contributed by atoms with Crippen LogP contribution in [-0.4, -0.2) is 24.4 Å². The van der Waals surface area contributed by atoms with Gasteiger partial charge in [-0.3, -0.25) is 0 Å². The average molecular weight is 233 g/mol. The SMILES string of the molecule is CCOCCn1ccc2c(OCC)cccc21. The molecule has 3 nitrogen and oxygen atoms in total. The lowest BCUT2D eigenvalue weighted by Gasteiger charge is -2.07. The Morgan fingerprint density at radius 3 is 2.76 bits per heavy atom. The van der Waals surface area contributed by atoms with Crippen molar-refractivity contribution in [1.82, 2.24) is 4.57 Å². The number of ether oxygens (including phenoxy) is 2. The zero-order valence-corrected chi connectivity index (χ0v) is 10.5. The molecule has 0 bridgehead atoms. The Morgan fingerprint density at radius 2 is 2.00 bits per heavy atom. The fraction of sp³-hybridized carbons (Fsp3) is 0.429. The predicted octanol–water partition coefficient (Wildman–Crippen LogP) is 3.08. The smallest absolute Gasteiger partial charge is 0.128 e. The maximum Gasteiger partial charge on any atom is 0.128 e. The van der Waals surface area contributed by atoms with E-state index in [1.54, 1.807) is 0 Å². The molecule has 0 N–H and O–H groups in total. The topological polar surface area (TPSA) is 23.4 Å². The molecule has 1 aromatic carbocycles. The maximum atomic E-state index is 5.61. The maximum absolute atomic E-state index is 5.61. The average Bonchev–Trinajstić information content (AvgIpc) is 2.75. The summed E-state index contributed by atoms with van der Waals surface area (Å²) in [5, 5.41) is 1.17. The van der Waals surface area contributed by atoms with Crippen LogP contribution in [0.5, 0.6) is 5.75 Å². The molecule has 1 aromatic heterocycles. The Kier molecular flexibility index (Phi) is 4.04. The molecule has 0 saturated heterocycles. The van der Waals surface area contributed by atoms with Gasteiger partial charge in [-0.2, -0.15) is 0 Å². The van der Waals surface area contributed by atoms with Crippen LogP contribution >= 0.6 is 0 Å². The molecule has 2 aromatic rings. The van der Waals surface area contributed by atoms with E-state index in [2.05, 4.69) is 22.9 Å². The lowest BCUT2D eigenvalue weighted by atomic mass is 10.2. The zero-order valence-electron chi connectivity index (χ0n) is 10.5. The van der Waals surface area contributed by atoms with Crippen molar-refractivity contribution in [3.8, 4) is 5.75 Å². The Balaban J connectivity index is 2.24. The number of rotatable bonds is 6. The van der Waals surface area contributed by atoms with Crippen LogP contribution < -0.4 is 4.74 Å². The van der Waals surface area contributed by atoms with Gasteiger partial charge >= 0.3 is 0 Å². The van der Waals surface area contributed by atoms with E-state index < -0.39 is 0 Å². The summed E-state index contributed by atoms with van der Waals surface area (Å²) < 4.78 is 13.2. The highest BCUT2D eigenvalue weighted by Crippen LogP contribution is 2.26. The lowest BCUT2D eigenvalue weighted by Crippen LogP contribution is -2.04. The number of hydrogen-bond donors (Lipinski definition) is 0. The second-order valence-corrected chi connectivity index (χ2v) is 3.83. The molecule has 0 fully saturated rings. The highest BCUT2D eigenvalue weighted by atomic mass is 16.5. The van der Waals surface area contributed by atoms with Crippen LogP contribution in [-0.2, 0) is 11.3 Å². The van der Waals surface area contributed by atoms with Crippen LogP contribution in [0.25, 0.3) is 10.9 Å². The summed E-state index contributed by atoms with van der Waals surface area (Å²) in [7, 11) is 0. The third-order valence-corrected chi connectivity index (χ3v) is 2.75. The van der Waals surface area contributed by atoms with E-state index in [1.165, 1.54) is 10.9 Å². The van der Waals surface area contributed by atoms with Crippen molar-refractivity contribution in [3.05, 3.63) is 30.5 Å². The lowest BCUT2D eigenvalue weighted by molar-refractivity contribution is 0.140. The van der Waals surface area contributed by atoms with Gasteiger partial charge in [0.25, 0.3) is 0 Å². The molecule has 0 saturated carbocycles. The van der Waals surface area contributed by atoms with Crippen molar-refractivity contribution in [2.45, 2.75) is 20.4 Å². The molecule has 17 heavy (non-hydrogen) atoms. The molecule has 0 amide bonds. The van der Waals surface area contributed by atoms with E-state index in [-0.39, 0.29) is 0 Å². The van der Waals surface area contributed by atoms with Gasteiger partial charge in [-0.1, -0.05) is 6.07 Å². The van der Waals surface area contributed by atoms with E-state index in [0.29, 0.717) is 6.61 Å². The summed E-state index contributed by atoms with van der Waals surface area (Å²) in [4.78, 5) is 0. The Bertz CT molecular complexity index is 476. The fourth-order valence-corrected chi connectivity index (χ4v) is 1.98. The molecule has 0 atom stereocenters. The number of aromatic nitrogens is 1. The minimum Gasteiger partial charge on any atom is -0.493 e. The van der Waals surface area contributed by atoms with Gasteiger partial charge in [0.1, 0.15) is 5.75 Å². The third kappa shape index (κ3) is 2.61. The van der Waals surface area contributed by atoms with Gasteiger partial charge in [0.15, 0.2) is 0 Å². The Hall–Kier alpha value is -1.48. The van der Waals surface area contributed by atoms with Crippen LogP contribution in [0.4, 0.5) is 0 Å². The van der Waals surface area contributed by atoms with Gasteiger partial charge < -0.3 is 14.0 Å². The summed E-state index contributed by atoms with van der Waals surface area (Å²) in [6.07, 6.45) is 2.09. The van der Waals surface area contributed by atoms with Gasteiger partial charge in [-0.25, -0.2) is 0 Å². The summed E-state index contributed by atoms with van der Waals surface area (Å²) in [6.45, 7) is 7.12. The molecule has 0 radical (unpaired) electrons. The van der Waals surface area contributed by atoms with Crippen molar-refractivity contribution in [2.75, 3.05) is 19.8 Å². The highest BCUT2D eigenvalue weighted by Gasteiger charge is 2.05. The molecule has 0 spiro atoms. The third-order valence-electron chi connectivity index (χ3n) is 2.75. The van der Waals surface area contributed by atoms with Crippen molar-refractivity contribution in [3.63, 3.8) is 0 Å². The summed E-state index contributed by atoms with van der Waals surface area (Å²) in [6, 6.07) is 8.26. The van der Waals surface area contributed by atoms with Crippen LogP contribution in [0.15, 0.2) is 30.5 Å². The molecule has 92 valence electrons. The van der Waals surface area contributed by atoms with Crippen molar-refractivity contribution in [1.29, 1.82) is 0 Å². The first-order chi connectivity index (χ1) is 8.36. The largest absolute Gasteiger partial charge is 0.493 e. The summed E-state index contributed by atoms with van der Waals surface area (Å²) >= 11 is 0. The number of benzene rings is 1. The summed E-state index contributed by atoms with van der Waals surface area (Å²) in [5.41, 5.74) is 1.20. The Labute approximate surface area is 102 Å². The first-order valence-corrected chi connectivity index (χ1v) is 6.15. The highest BCUT2D eigenvalue weighted by molar-refractivity contribution is 5.86. The predicted molar refractivity (Wildman–Crippen MR) is 69.6 cm³/mol. The monoisotopic (exact) mass is 233 g/mol. The van der Waals surface area contributed by atoms with Gasteiger partial charge in [-0.15, -0.1) is 0 Å². The van der Waals surface area contributed by atoms with Crippen LogP contribution in [0.2, 0.25) is 0 Å². The van der Waals surface area contributed by atoms with E-state index in [0.717, 1.165) is 25.5 Å². The first kappa shape index (κ1) is 12.0. The van der Waals surface area contributed by atoms with Crippen LogP contribution in [0.3, 0.4) is 0 Å². The number of fused-ring (bicyclic) bond motifs is 1. The number of nitrogens with zero attached hydrogens (tertiary/aromatic N) is 1. The minimum atomic E-state index is 0.698. The van der Waals surface area contributed by atoms with Crippen molar-refractivity contribution in [2.24, 2.45) is 0 Å². The number of hydrogen-bond acceptors (Lipinski definition) is 2. The molecule has 0 aliphatic rings. The molecular formula is C14H19NO2. The van der Waals surface area contributed by atoms with Crippen LogP contribution in [0, 0.1) is 0 Å². The minimum absolute atomic E-state index is 0.698. The normalized spacial score (nSPS) is 10.9. The van der Waals surface area contributed by atoms with Crippen LogP contribution in [0.1, 0.15) is 13.8 Å². The van der Waals surface area contributed by atoms with E-state index >= 15 is 0 Å². The van der Waals surface area contributed by atoms with E-state index in [1.807, 2.05) is 26.0 Å². The summed E-state index contributed by atoms with van der Waals surface area (Å²) in [5.74, 6) is 0.958. The fourth-order valence-electron chi connectivity index (χ4n) is 1.98. The van der Waals surface area contributed by atoms with Gasteiger partial charge in [0.05, 0.1) is 18.7 Å². The van der Waals surface area contributed by atoms with Crippen molar-refractivity contribution < 1.29 is 9.47 Å². The standard InChI is InChI=1S/C14H19NO2/c1-3-16-11-10-15-9-8-12-13(15)6-5-7-14(12)17-4-2/h5-9H,3-4,10-11H2,1-2H3. The second kappa shape index (κ2) is 5.73. The van der Waals surface area contributed by atoms with Crippen molar-refractivity contribution >= 4 is 10.9 Å². The molecule has 0 unspecified atom stereocenters. The van der Waals surface area contributed by atoms with E-state index in [9.17, 15) is 0 Å². The van der Waals surface area contributed by atoms with Gasteiger partial charge in [0.2, 0.25) is 0 Å². The molecule has 0 aliphatic heterocycles. The molecule has 1 heterocycles. The Morgan fingerprint density at radius 1 is 1.12 bits per heavy atom. The van der Waals surface area contributed by atoms with E-state index in [4.69, 9.17) is 9.47 Å². The molecule has 2 rings (SSSR count). The van der Waals surface area contributed by atoms with Gasteiger partial charge in [-0.05, 0) is 32.0 Å². The molecular weight excluding hydrogens is 214 g/mol.